The van der Waals surface area contributed by atoms with Gasteiger partial charge in [0.2, 0.25) is 0 Å². The zero-order valence-electron chi connectivity index (χ0n) is 6.47. The van der Waals surface area contributed by atoms with E-state index in [2.05, 4.69) is 5.10 Å². The molecule has 0 aromatic rings. The van der Waals surface area contributed by atoms with Crippen molar-refractivity contribution < 1.29 is 4.68 Å². The van der Waals surface area contributed by atoms with E-state index in [0.717, 1.165) is 5.71 Å². The average Bonchev–Trinajstić information content (AvgIpc) is 1.63. The van der Waals surface area contributed by atoms with Gasteiger partial charge >= 0.3 is 0 Å². The first-order valence-corrected chi connectivity index (χ1v) is 2.88. The van der Waals surface area contributed by atoms with E-state index in [1.165, 1.54) is 0 Å². The van der Waals surface area contributed by atoms with Gasteiger partial charge in [0.15, 0.2) is 0 Å². The van der Waals surface area contributed by atoms with Gasteiger partial charge in [-0.2, -0.15) is 0 Å². The topological polar surface area (TPSA) is 41.4 Å². The number of amidine groups is 1. The Morgan fingerprint density at radius 1 is 1.33 bits per heavy atom. The first-order valence-electron chi connectivity index (χ1n) is 2.88. The second kappa shape index (κ2) is 3.22. The van der Waals surface area contributed by atoms with Gasteiger partial charge in [-0.3, -0.25) is 5.73 Å². The Kier molecular flexibility index (Phi) is 2.91. The van der Waals surface area contributed by atoms with E-state index in [0.29, 0.717) is 5.84 Å². The van der Waals surface area contributed by atoms with E-state index >= 15 is 0 Å². The van der Waals surface area contributed by atoms with Crippen LogP contribution >= 0.6 is 0 Å². The molecule has 3 heteroatoms. The van der Waals surface area contributed by atoms with Gasteiger partial charge in [0.1, 0.15) is 7.05 Å². The highest BCUT2D eigenvalue weighted by Gasteiger charge is 1.91. The molecule has 0 bridgehead atoms. The van der Waals surface area contributed by atoms with Crippen molar-refractivity contribution in [3.8, 4) is 0 Å². The Morgan fingerprint density at radius 3 is 1.89 bits per heavy atom. The Bertz CT molecular complexity index is 148. The monoisotopic (exact) mass is 128 g/mol. The molecule has 0 saturated carbocycles. The SMILES string of the molecule is CC(C)=N/[N+](C)=C(/C)N. The Morgan fingerprint density at radius 2 is 1.78 bits per heavy atom. The summed E-state index contributed by atoms with van der Waals surface area (Å²) in [5.74, 6) is 0.705. The standard InChI is InChI=1S/C6H13N3/c1-5(2)8-9(4)6(3)7/h7H,1-4H3/p+1. The fourth-order valence-electron chi connectivity index (χ4n) is 0.379. The predicted molar refractivity (Wildman–Crippen MR) is 39.8 cm³/mol. The summed E-state index contributed by atoms with van der Waals surface area (Å²) in [5, 5.41) is 4.06. The molecular weight excluding hydrogens is 114 g/mol. The zero-order chi connectivity index (χ0) is 7.44. The molecule has 0 aliphatic carbocycles. The maximum absolute atomic E-state index is 5.42. The second-order valence-electron chi connectivity index (χ2n) is 2.21. The highest BCUT2D eigenvalue weighted by molar-refractivity contribution is 5.79. The van der Waals surface area contributed by atoms with E-state index in [4.69, 9.17) is 5.73 Å². The lowest BCUT2D eigenvalue weighted by Gasteiger charge is -1.91. The molecule has 0 saturated heterocycles. The normalized spacial score (nSPS) is 12.4. The number of rotatable bonds is 1. The molecule has 0 radical (unpaired) electrons. The fraction of sp³-hybridized carbons (Fsp3) is 0.667. The van der Waals surface area contributed by atoms with Crippen LogP contribution in [0.15, 0.2) is 5.10 Å². The number of hydrogen-bond donors (Lipinski definition) is 1. The van der Waals surface area contributed by atoms with Crippen molar-refractivity contribution in [2.24, 2.45) is 10.8 Å². The first-order chi connectivity index (χ1) is 4.04. The van der Waals surface area contributed by atoms with Crippen LogP contribution in [0.25, 0.3) is 0 Å². The van der Waals surface area contributed by atoms with Crippen molar-refractivity contribution in [2.75, 3.05) is 7.05 Å². The molecule has 0 amide bonds. The quantitative estimate of drug-likeness (QED) is 0.236. The number of nitrogens with two attached hydrogens (primary N) is 1. The fourth-order valence-corrected chi connectivity index (χ4v) is 0.379. The highest BCUT2D eigenvalue weighted by Crippen LogP contribution is 1.75. The van der Waals surface area contributed by atoms with Crippen molar-refractivity contribution in [1.82, 2.24) is 0 Å². The van der Waals surface area contributed by atoms with Crippen molar-refractivity contribution >= 4 is 11.5 Å². The number of hydrazone groups is 1. The van der Waals surface area contributed by atoms with Crippen LogP contribution in [0.2, 0.25) is 0 Å². The summed E-state index contributed by atoms with van der Waals surface area (Å²) in [4.78, 5) is 0. The van der Waals surface area contributed by atoms with Crippen molar-refractivity contribution in [3.63, 3.8) is 0 Å². The highest BCUT2D eigenvalue weighted by atomic mass is 15.4. The van der Waals surface area contributed by atoms with Crippen LogP contribution in [0, 0.1) is 0 Å². The van der Waals surface area contributed by atoms with Crippen LogP contribution in [-0.4, -0.2) is 23.3 Å². The molecule has 3 nitrogen and oxygen atoms in total. The third-order valence-electron chi connectivity index (χ3n) is 0.860. The molecular formula is C6H14N3+. The maximum atomic E-state index is 5.42. The van der Waals surface area contributed by atoms with E-state index in [1.54, 1.807) is 4.68 Å². The van der Waals surface area contributed by atoms with Gasteiger partial charge in [0.05, 0.1) is 5.71 Å². The maximum Gasteiger partial charge on any atom is 0.264 e. The smallest absolute Gasteiger partial charge is 0.264 e. The Balaban J connectivity index is 4.25. The van der Waals surface area contributed by atoms with Crippen LogP contribution in [0.3, 0.4) is 0 Å². The van der Waals surface area contributed by atoms with Crippen molar-refractivity contribution in [3.05, 3.63) is 0 Å². The van der Waals surface area contributed by atoms with Gasteiger partial charge in [-0.15, -0.1) is 4.68 Å². The van der Waals surface area contributed by atoms with Crippen LogP contribution in [0.4, 0.5) is 0 Å². The van der Waals surface area contributed by atoms with Gasteiger partial charge in [-0.25, -0.2) is 0 Å². The van der Waals surface area contributed by atoms with Crippen molar-refractivity contribution in [1.29, 1.82) is 0 Å². The molecule has 0 aliphatic heterocycles. The third kappa shape index (κ3) is 3.70. The summed E-state index contributed by atoms with van der Waals surface area (Å²) in [6.45, 7) is 5.67. The lowest BCUT2D eigenvalue weighted by atomic mass is 10.5. The Hall–Kier alpha value is -0.860. The van der Waals surface area contributed by atoms with E-state index < -0.39 is 0 Å². The average molecular weight is 128 g/mol. The van der Waals surface area contributed by atoms with Crippen LogP contribution in [0.1, 0.15) is 20.8 Å². The van der Waals surface area contributed by atoms with Crippen molar-refractivity contribution in [2.45, 2.75) is 20.8 Å². The molecule has 0 heterocycles. The molecule has 52 valence electrons. The van der Waals surface area contributed by atoms with Crippen LogP contribution in [-0.2, 0) is 0 Å². The second-order valence-corrected chi connectivity index (χ2v) is 2.21. The minimum absolute atomic E-state index is 0.705. The zero-order valence-corrected chi connectivity index (χ0v) is 6.47. The Labute approximate surface area is 55.9 Å². The molecule has 0 aromatic carbocycles. The summed E-state index contributed by atoms with van der Waals surface area (Å²) in [6.07, 6.45) is 0. The molecule has 0 atom stereocenters. The molecule has 0 aliphatic rings. The molecule has 0 fully saturated rings. The summed E-state index contributed by atoms with van der Waals surface area (Å²) < 4.78 is 1.65. The number of nitrogens with zero attached hydrogens (tertiary/aromatic N) is 2. The third-order valence-corrected chi connectivity index (χ3v) is 0.860. The van der Waals surface area contributed by atoms with Gasteiger partial charge in [0.25, 0.3) is 5.84 Å². The minimum atomic E-state index is 0.705. The van der Waals surface area contributed by atoms with Gasteiger partial charge in [0, 0.05) is 6.92 Å². The summed E-state index contributed by atoms with van der Waals surface area (Å²) in [6, 6.07) is 0. The van der Waals surface area contributed by atoms with Crippen LogP contribution < -0.4 is 5.73 Å². The number of hydrogen-bond acceptors (Lipinski definition) is 1. The lowest BCUT2D eigenvalue weighted by molar-refractivity contribution is -0.504. The van der Waals surface area contributed by atoms with E-state index in [9.17, 15) is 0 Å². The molecule has 0 aromatic heterocycles. The molecule has 0 unspecified atom stereocenters. The molecule has 2 N–H and O–H groups in total. The van der Waals surface area contributed by atoms with E-state index in [1.807, 2.05) is 27.8 Å². The largest absolute Gasteiger partial charge is 0.289 e. The minimum Gasteiger partial charge on any atom is -0.289 e. The van der Waals surface area contributed by atoms with E-state index in [-0.39, 0.29) is 0 Å². The van der Waals surface area contributed by atoms with Crippen LogP contribution in [0.5, 0.6) is 0 Å². The predicted octanol–water partition coefficient (Wildman–Crippen LogP) is 0.402. The van der Waals surface area contributed by atoms with Gasteiger partial charge in [-0.1, -0.05) is 5.10 Å². The summed E-state index contributed by atoms with van der Waals surface area (Å²) in [7, 11) is 1.82. The first kappa shape index (κ1) is 8.14. The lowest BCUT2D eigenvalue weighted by Crippen LogP contribution is -2.18. The van der Waals surface area contributed by atoms with Gasteiger partial charge in [-0.05, 0) is 13.8 Å². The molecule has 0 spiro atoms. The van der Waals surface area contributed by atoms with Gasteiger partial charge < -0.3 is 0 Å². The molecule has 9 heavy (non-hydrogen) atoms. The summed E-state index contributed by atoms with van der Waals surface area (Å²) in [5.41, 5.74) is 6.42. The summed E-state index contributed by atoms with van der Waals surface area (Å²) >= 11 is 0. The molecule has 0 rings (SSSR count).